The van der Waals surface area contributed by atoms with Crippen molar-refractivity contribution < 1.29 is 44.4 Å². The second kappa shape index (κ2) is 5.05. The van der Waals surface area contributed by atoms with Crippen LogP contribution in [0.5, 0.6) is 0 Å². The van der Waals surface area contributed by atoms with Crippen molar-refractivity contribution in [3.05, 3.63) is 24.3 Å². The van der Waals surface area contributed by atoms with Crippen molar-refractivity contribution in [1.82, 2.24) is 0 Å². The molecule has 3 nitrogen and oxygen atoms in total. The maximum absolute atomic E-state index is 10.7. The molecule has 0 aromatic carbocycles. The zero-order valence-electron chi connectivity index (χ0n) is 6.51. The molecule has 0 atom stereocenters. The average Bonchev–Trinajstić information content (AvgIpc) is 2.35. The van der Waals surface area contributed by atoms with Crippen molar-refractivity contribution in [3.63, 3.8) is 0 Å². The number of allylic oxidation sites excluding steroid dienone is 4. The molecule has 1 rings (SSSR count). The molecule has 14 heavy (non-hydrogen) atoms. The molecule has 0 aromatic rings. The molecule has 0 bridgehead atoms. The predicted octanol–water partition coefficient (Wildman–Crippen LogP) is 1.50. The first kappa shape index (κ1) is 13.8. The minimum absolute atomic E-state index is 0.615. The van der Waals surface area contributed by atoms with Crippen LogP contribution in [0.15, 0.2) is 24.3 Å². The number of hydrogen-bond acceptors (Lipinski definition) is 3. The van der Waals surface area contributed by atoms with Crippen LogP contribution >= 0.6 is 0 Å². The van der Waals surface area contributed by atoms with E-state index in [0.717, 1.165) is 0 Å². The summed E-state index contributed by atoms with van der Waals surface area (Å²) in [5, 5.41) is 0. The van der Waals surface area contributed by atoms with Crippen molar-refractivity contribution >= 4 is 10.1 Å². The maximum atomic E-state index is 10.7. The van der Waals surface area contributed by atoms with E-state index in [9.17, 15) is 13.2 Å². The Morgan fingerprint density at radius 2 is 1.50 bits per heavy atom. The van der Waals surface area contributed by atoms with Gasteiger partial charge < -0.3 is 4.55 Å². The summed E-state index contributed by atoms with van der Waals surface area (Å²) >= 11 is 2.61. The van der Waals surface area contributed by atoms with Gasteiger partial charge in [-0.2, -0.15) is 13.2 Å². The molecule has 0 amide bonds. The molecule has 0 heterocycles. The van der Waals surface area contributed by atoms with Gasteiger partial charge in [-0.1, -0.05) is 0 Å². The third-order valence-corrected chi connectivity index (χ3v) is 2.21. The van der Waals surface area contributed by atoms with Crippen LogP contribution in [0.2, 0.25) is 4.51 Å². The van der Waals surface area contributed by atoms with Crippen molar-refractivity contribution in [2.45, 2.75) is 10.0 Å². The third kappa shape index (κ3) is 5.52. The Labute approximate surface area is 89.1 Å². The zero-order valence-corrected chi connectivity index (χ0v) is 9.06. The Hall–Kier alpha value is -0.197. The Kier molecular flexibility index (Phi) is 4.97. The number of hydrogen-bond donors (Lipinski definition) is 0. The normalized spacial score (nSPS) is 16.6. The van der Waals surface area contributed by atoms with Gasteiger partial charge in [-0.15, -0.1) is 0 Å². The van der Waals surface area contributed by atoms with Gasteiger partial charge in [0.05, 0.1) is 0 Å². The summed E-state index contributed by atoms with van der Waals surface area (Å²) in [6, 6.07) is 0. The van der Waals surface area contributed by atoms with E-state index in [0.29, 0.717) is 4.51 Å². The molecule has 0 N–H and O–H groups in total. The van der Waals surface area contributed by atoms with Crippen LogP contribution in [0, 0.1) is 0 Å². The Balaban J connectivity index is 0.000000249. The minimum atomic E-state index is -6.09. The van der Waals surface area contributed by atoms with Gasteiger partial charge in [0.1, 0.15) is 0 Å². The number of rotatable bonds is 0. The third-order valence-electron chi connectivity index (χ3n) is 0.975. The molecule has 1 aliphatic carbocycles. The van der Waals surface area contributed by atoms with Crippen LogP contribution in [0.25, 0.3) is 0 Å². The standard InChI is InChI=1S/C5H5.CHF3O3S.Ru/c1-2-4-5-3-1;2-1(3,4)8(5,6)7;/h1-5H;(H,5,6,7);/q;;+1/p-1. The van der Waals surface area contributed by atoms with Crippen molar-refractivity contribution in [3.8, 4) is 0 Å². The fraction of sp³-hybridized carbons (Fsp3) is 0.333. The summed E-state index contributed by atoms with van der Waals surface area (Å²) in [6.45, 7) is 0. The van der Waals surface area contributed by atoms with Crippen molar-refractivity contribution in [2.75, 3.05) is 0 Å². The van der Waals surface area contributed by atoms with E-state index in [1.165, 1.54) is 0 Å². The number of halogens is 3. The molecule has 0 aliphatic heterocycles. The summed E-state index contributed by atoms with van der Waals surface area (Å²) < 4.78 is 59.5. The van der Waals surface area contributed by atoms with Gasteiger partial charge in [0.15, 0.2) is 10.1 Å². The van der Waals surface area contributed by atoms with Gasteiger partial charge in [0.25, 0.3) is 0 Å². The van der Waals surface area contributed by atoms with Crippen molar-refractivity contribution in [1.29, 1.82) is 0 Å². The molecule has 0 spiro atoms. The van der Waals surface area contributed by atoms with Gasteiger partial charge in [0.2, 0.25) is 0 Å². The van der Waals surface area contributed by atoms with E-state index in [1.807, 2.05) is 0 Å². The van der Waals surface area contributed by atoms with Crippen LogP contribution in [-0.2, 0) is 28.4 Å². The molecule has 0 aromatic heterocycles. The molecule has 0 saturated heterocycles. The van der Waals surface area contributed by atoms with E-state index in [4.69, 9.17) is 13.0 Å². The van der Waals surface area contributed by atoms with E-state index in [1.54, 1.807) is 0 Å². The quantitative estimate of drug-likeness (QED) is 0.387. The molecular formula is C6H5F3O3RuS. The first-order valence-corrected chi connectivity index (χ1v) is 5.55. The van der Waals surface area contributed by atoms with Crippen LogP contribution in [0.3, 0.4) is 0 Å². The Morgan fingerprint density at radius 3 is 1.57 bits per heavy atom. The van der Waals surface area contributed by atoms with Gasteiger partial charge in [0, 0.05) is 0 Å². The Bertz CT molecular complexity index is 319. The molecule has 82 valence electrons. The Morgan fingerprint density at radius 1 is 1.21 bits per heavy atom. The average molecular weight is 315 g/mol. The summed E-state index contributed by atoms with van der Waals surface area (Å²) in [4.78, 5) is 0. The summed E-state index contributed by atoms with van der Waals surface area (Å²) in [7, 11) is -6.09. The molecule has 0 fully saturated rings. The zero-order chi connectivity index (χ0) is 11.4. The summed E-state index contributed by atoms with van der Waals surface area (Å²) in [5.74, 6) is 0. The van der Waals surface area contributed by atoms with Crippen LogP contribution in [0.4, 0.5) is 13.2 Å². The van der Waals surface area contributed by atoms with E-state index < -0.39 is 15.6 Å². The molecule has 0 saturated carbocycles. The molecule has 0 radical (unpaired) electrons. The first-order chi connectivity index (χ1) is 6.14. The molecule has 1 aliphatic rings. The molecular weight excluding hydrogens is 310 g/mol. The van der Waals surface area contributed by atoms with E-state index in [2.05, 4.69) is 42.6 Å². The van der Waals surface area contributed by atoms with Gasteiger partial charge in [-0.3, -0.25) is 0 Å². The molecule has 8 heteroatoms. The van der Waals surface area contributed by atoms with Gasteiger partial charge in [-0.05, 0) is 0 Å². The fourth-order valence-electron chi connectivity index (χ4n) is 0.399. The summed E-state index contributed by atoms with van der Waals surface area (Å²) in [6.07, 6.45) is 8.38. The predicted molar refractivity (Wildman–Crippen MR) is 37.8 cm³/mol. The molecule has 0 unspecified atom stereocenters. The van der Waals surface area contributed by atoms with E-state index in [-0.39, 0.29) is 0 Å². The number of alkyl halides is 3. The van der Waals surface area contributed by atoms with Crippen LogP contribution < -0.4 is 0 Å². The topological polar surface area (TPSA) is 57.2 Å². The summed E-state index contributed by atoms with van der Waals surface area (Å²) in [5.41, 5.74) is -5.65. The van der Waals surface area contributed by atoms with E-state index >= 15 is 0 Å². The van der Waals surface area contributed by atoms with Crippen LogP contribution in [-0.4, -0.2) is 18.5 Å². The monoisotopic (exact) mass is 316 g/mol. The second-order valence-electron chi connectivity index (χ2n) is 2.10. The second-order valence-corrected chi connectivity index (χ2v) is 4.63. The van der Waals surface area contributed by atoms with Crippen molar-refractivity contribution in [2.24, 2.45) is 0 Å². The van der Waals surface area contributed by atoms with Gasteiger partial charge in [-0.25, -0.2) is 8.42 Å². The van der Waals surface area contributed by atoms with Gasteiger partial charge >= 0.3 is 52.6 Å². The van der Waals surface area contributed by atoms with Crippen LogP contribution in [0.1, 0.15) is 0 Å². The first-order valence-electron chi connectivity index (χ1n) is 3.14. The SMILES string of the molecule is O=S(=O)([O-])C(F)(F)F.[Ru+][CH]1C=CC=C1. The fourth-order valence-corrected chi connectivity index (χ4v) is 0.786.